The summed E-state index contributed by atoms with van der Waals surface area (Å²) in [6.07, 6.45) is 4.42. The smallest absolute Gasteiger partial charge is 0.226 e. The van der Waals surface area contributed by atoms with Gasteiger partial charge < -0.3 is 10.2 Å². The van der Waals surface area contributed by atoms with Gasteiger partial charge in [-0.1, -0.05) is 55.0 Å². The maximum atomic E-state index is 13.4. The number of hydrogen-bond donors (Lipinski definition) is 1. The van der Waals surface area contributed by atoms with Crippen LogP contribution in [0.3, 0.4) is 0 Å². The molecule has 25 heavy (non-hydrogen) atoms. The molecule has 2 aromatic carbocycles. The normalized spacial score (nSPS) is 30.2. The van der Waals surface area contributed by atoms with E-state index in [1.54, 1.807) is 0 Å². The number of fused-ring (bicyclic) bond motifs is 1. The molecule has 128 valence electrons. The van der Waals surface area contributed by atoms with Crippen molar-refractivity contribution < 1.29 is 4.79 Å². The molecule has 1 amide bonds. The van der Waals surface area contributed by atoms with Crippen LogP contribution in [0.4, 0.5) is 5.69 Å². The maximum absolute atomic E-state index is 13.4. The Morgan fingerprint density at radius 2 is 1.84 bits per heavy atom. The van der Waals surface area contributed by atoms with Crippen molar-refractivity contribution in [2.75, 3.05) is 11.9 Å². The van der Waals surface area contributed by atoms with E-state index in [-0.39, 0.29) is 11.3 Å². The first-order valence-corrected chi connectivity index (χ1v) is 9.48. The lowest BCUT2D eigenvalue weighted by atomic mass is 9.58. The predicted octanol–water partition coefficient (Wildman–Crippen LogP) is 3.95. The zero-order valence-electron chi connectivity index (χ0n) is 14.4. The minimum absolute atomic E-state index is 0.0130. The first kappa shape index (κ1) is 15.0. The van der Waals surface area contributed by atoms with Gasteiger partial charge >= 0.3 is 0 Å². The molecule has 3 aliphatic rings. The highest BCUT2D eigenvalue weighted by atomic mass is 16.2. The van der Waals surface area contributed by atoms with Gasteiger partial charge in [-0.25, -0.2) is 0 Å². The summed E-state index contributed by atoms with van der Waals surface area (Å²) in [4.78, 5) is 15.5. The average Bonchev–Trinajstić information content (AvgIpc) is 2.99. The fourth-order valence-electron chi connectivity index (χ4n) is 5.50. The number of nitrogens with one attached hydrogen (secondary N) is 1. The average molecular weight is 332 g/mol. The molecule has 3 atom stereocenters. The highest BCUT2D eigenvalue weighted by molar-refractivity contribution is 5.84. The standard InChI is InChI=1S/C22H24N2O/c25-21-18-10-6-12-20-22(18,17-9-4-5-11-19(17)23-20)13-14-24(21)15-16-7-2-1-3-8-16/h1-5,7-9,11,18,20,23H,6,10,12-15H2/t18-,20+,22-/m0/s1. The quantitative estimate of drug-likeness (QED) is 0.903. The summed E-state index contributed by atoms with van der Waals surface area (Å²) in [7, 11) is 0. The molecule has 0 unspecified atom stereocenters. The van der Waals surface area contributed by atoms with E-state index in [0.29, 0.717) is 11.9 Å². The van der Waals surface area contributed by atoms with Crippen molar-refractivity contribution in [1.82, 2.24) is 4.90 Å². The Balaban J connectivity index is 1.49. The van der Waals surface area contributed by atoms with Crippen LogP contribution < -0.4 is 5.32 Å². The van der Waals surface area contributed by atoms with Crippen LogP contribution in [0.15, 0.2) is 54.6 Å². The van der Waals surface area contributed by atoms with Crippen molar-refractivity contribution in [3.05, 3.63) is 65.7 Å². The van der Waals surface area contributed by atoms with Gasteiger partial charge in [0.2, 0.25) is 5.91 Å². The SMILES string of the molecule is O=C1[C@@H]2CCC[C@H]3Nc4ccccc4[C@]32CCN1Cc1ccccc1. The minimum atomic E-state index is 0.0130. The second kappa shape index (κ2) is 5.62. The molecule has 1 aliphatic carbocycles. The fraction of sp³-hybridized carbons (Fsp3) is 0.409. The number of piperidine rings is 1. The molecule has 2 fully saturated rings. The van der Waals surface area contributed by atoms with E-state index >= 15 is 0 Å². The molecule has 1 saturated heterocycles. The monoisotopic (exact) mass is 332 g/mol. The minimum Gasteiger partial charge on any atom is -0.381 e. The number of rotatable bonds is 2. The molecule has 0 aromatic heterocycles. The number of nitrogens with zero attached hydrogens (tertiary/aromatic N) is 1. The Bertz CT molecular complexity index is 803. The van der Waals surface area contributed by atoms with E-state index in [4.69, 9.17) is 0 Å². The van der Waals surface area contributed by atoms with Crippen molar-refractivity contribution in [2.24, 2.45) is 5.92 Å². The van der Waals surface area contributed by atoms with Crippen molar-refractivity contribution in [3.63, 3.8) is 0 Å². The number of carbonyl (C=O) groups is 1. The zero-order chi connectivity index (χ0) is 16.9. The van der Waals surface area contributed by atoms with E-state index in [9.17, 15) is 4.79 Å². The molecule has 0 bridgehead atoms. The van der Waals surface area contributed by atoms with Crippen molar-refractivity contribution in [1.29, 1.82) is 0 Å². The van der Waals surface area contributed by atoms with Crippen molar-refractivity contribution in [3.8, 4) is 0 Å². The first-order valence-electron chi connectivity index (χ1n) is 9.48. The predicted molar refractivity (Wildman–Crippen MR) is 99.3 cm³/mol. The van der Waals surface area contributed by atoms with Crippen LogP contribution in [0.1, 0.15) is 36.8 Å². The highest BCUT2D eigenvalue weighted by Gasteiger charge is 2.58. The van der Waals surface area contributed by atoms with Crippen LogP contribution in [-0.4, -0.2) is 23.4 Å². The molecule has 1 N–H and O–H groups in total. The number of likely N-dealkylation sites (tertiary alicyclic amines) is 1. The largest absolute Gasteiger partial charge is 0.381 e. The van der Waals surface area contributed by atoms with Crippen LogP contribution in [-0.2, 0) is 16.8 Å². The summed E-state index contributed by atoms with van der Waals surface area (Å²) >= 11 is 0. The van der Waals surface area contributed by atoms with Crippen LogP contribution in [0, 0.1) is 5.92 Å². The first-order chi connectivity index (χ1) is 12.3. The van der Waals surface area contributed by atoms with E-state index < -0.39 is 0 Å². The summed E-state index contributed by atoms with van der Waals surface area (Å²) in [5.74, 6) is 0.484. The molecule has 2 aliphatic heterocycles. The maximum Gasteiger partial charge on any atom is 0.226 e. The molecule has 1 spiro atoms. The lowest BCUT2D eigenvalue weighted by molar-refractivity contribution is -0.145. The van der Waals surface area contributed by atoms with E-state index in [1.165, 1.54) is 23.2 Å². The molecule has 2 heterocycles. The molecular formula is C22H24N2O. The fourth-order valence-corrected chi connectivity index (χ4v) is 5.50. The number of amides is 1. The van der Waals surface area contributed by atoms with Gasteiger partial charge in [0.25, 0.3) is 0 Å². The van der Waals surface area contributed by atoms with Gasteiger partial charge in [0, 0.05) is 36.2 Å². The highest BCUT2D eigenvalue weighted by Crippen LogP contribution is 2.55. The Morgan fingerprint density at radius 3 is 2.72 bits per heavy atom. The molecule has 3 nitrogen and oxygen atoms in total. The van der Waals surface area contributed by atoms with Gasteiger partial charge in [-0.2, -0.15) is 0 Å². The lowest BCUT2D eigenvalue weighted by Crippen LogP contribution is -2.59. The van der Waals surface area contributed by atoms with E-state index in [0.717, 1.165) is 32.4 Å². The summed E-state index contributed by atoms with van der Waals surface area (Å²) in [6.45, 7) is 1.60. The molecule has 1 saturated carbocycles. The summed E-state index contributed by atoms with van der Waals surface area (Å²) in [6, 6.07) is 19.5. The van der Waals surface area contributed by atoms with Crippen molar-refractivity contribution in [2.45, 2.75) is 43.7 Å². The summed E-state index contributed by atoms with van der Waals surface area (Å²) in [5.41, 5.74) is 3.88. The number of carbonyl (C=O) groups excluding carboxylic acids is 1. The Hall–Kier alpha value is -2.29. The number of hydrogen-bond acceptors (Lipinski definition) is 2. The third kappa shape index (κ3) is 2.14. The summed E-state index contributed by atoms with van der Waals surface area (Å²) in [5, 5.41) is 3.74. The van der Waals surface area contributed by atoms with Gasteiger partial charge in [0.05, 0.1) is 0 Å². The van der Waals surface area contributed by atoms with Crippen LogP contribution >= 0.6 is 0 Å². The van der Waals surface area contributed by atoms with Crippen LogP contribution in [0.2, 0.25) is 0 Å². The summed E-state index contributed by atoms with van der Waals surface area (Å²) < 4.78 is 0. The van der Waals surface area contributed by atoms with Gasteiger partial charge in [0.15, 0.2) is 0 Å². The van der Waals surface area contributed by atoms with Gasteiger partial charge in [-0.3, -0.25) is 4.79 Å². The third-order valence-corrected chi connectivity index (χ3v) is 6.61. The lowest BCUT2D eigenvalue weighted by Gasteiger charge is -2.51. The van der Waals surface area contributed by atoms with Crippen molar-refractivity contribution >= 4 is 11.6 Å². The number of benzene rings is 2. The molecule has 5 rings (SSSR count). The van der Waals surface area contributed by atoms with Gasteiger partial charge in [-0.15, -0.1) is 0 Å². The second-order valence-corrected chi connectivity index (χ2v) is 7.76. The van der Waals surface area contributed by atoms with Crippen LogP contribution in [0.5, 0.6) is 0 Å². The molecule has 0 radical (unpaired) electrons. The Kier molecular flexibility index (Phi) is 3.37. The topological polar surface area (TPSA) is 32.3 Å². The number of para-hydroxylation sites is 1. The molecule has 3 heteroatoms. The Labute approximate surface area is 149 Å². The van der Waals surface area contributed by atoms with Gasteiger partial charge in [0.1, 0.15) is 0 Å². The van der Waals surface area contributed by atoms with E-state index in [1.807, 2.05) is 6.07 Å². The van der Waals surface area contributed by atoms with E-state index in [2.05, 4.69) is 58.7 Å². The third-order valence-electron chi connectivity index (χ3n) is 6.61. The number of anilines is 1. The molecular weight excluding hydrogens is 308 g/mol. The Morgan fingerprint density at radius 1 is 1.04 bits per heavy atom. The van der Waals surface area contributed by atoms with Gasteiger partial charge in [-0.05, 0) is 36.5 Å². The zero-order valence-corrected chi connectivity index (χ0v) is 14.4. The molecule has 2 aromatic rings. The van der Waals surface area contributed by atoms with Crippen LogP contribution in [0.25, 0.3) is 0 Å². The second-order valence-electron chi connectivity index (χ2n) is 7.76.